The summed E-state index contributed by atoms with van der Waals surface area (Å²) in [5.41, 5.74) is -0.188. The van der Waals surface area contributed by atoms with E-state index in [1.54, 1.807) is 26.0 Å². The highest BCUT2D eigenvalue weighted by atomic mass is 16.5. The van der Waals surface area contributed by atoms with Crippen molar-refractivity contribution in [2.24, 2.45) is 0 Å². The first-order chi connectivity index (χ1) is 12.0. The SMILES string of the molecule is [2H]C([2H])([2H])Oc1cc(CNC(=O)CCCC/C=C/C(C)(C)O)ccc1O. The van der Waals surface area contributed by atoms with Crippen LogP contribution in [0, 0.1) is 0 Å². The summed E-state index contributed by atoms with van der Waals surface area (Å²) >= 11 is 0. The second kappa shape index (κ2) is 9.20. The lowest BCUT2D eigenvalue weighted by Crippen LogP contribution is -2.22. The first-order valence-electron chi connectivity index (χ1n) is 9.14. The second-order valence-electron chi connectivity index (χ2n) is 5.98. The molecule has 1 rings (SSSR count). The van der Waals surface area contributed by atoms with Gasteiger partial charge in [-0.15, -0.1) is 0 Å². The summed E-state index contributed by atoms with van der Waals surface area (Å²) in [6.45, 7) is 3.62. The molecule has 0 aliphatic heterocycles. The summed E-state index contributed by atoms with van der Waals surface area (Å²) in [6, 6.07) is 4.31. The number of nitrogens with one attached hydrogen (secondary N) is 1. The number of aliphatic hydroxyl groups is 1. The Morgan fingerprint density at radius 2 is 2.22 bits per heavy atom. The van der Waals surface area contributed by atoms with Crippen LogP contribution in [-0.2, 0) is 11.3 Å². The van der Waals surface area contributed by atoms with E-state index in [1.165, 1.54) is 12.1 Å². The standard InChI is InChI=1S/C18H27NO4/c1-18(2,22)11-7-5-4-6-8-17(21)19-13-14-9-10-15(20)16(12-14)23-3/h7,9-12,20,22H,4-6,8,13H2,1-3H3,(H,19,21)/b11-7+/i3D3. The van der Waals surface area contributed by atoms with E-state index in [0.717, 1.165) is 19.3 Å². The van der Waals surface area contributed by atoms with Crippen LogP contribution in [0.25, 0.3) is 0 Å². The van der Waals surface area contributed by atoms with Crippen molar-refractivity contribution in [1.29, 1.82) is 0 Å². The van der Waals surface area contributed by atoms with Gasteiger partial charge in [0.15, 0.2) is 11.5 Å². The van der Waals surface area contributed by atoms with Gasteiger partial charge in [-0.1, -0.05) is 18.2 Å². The monoisotopic (exact) mass is 324 g/mol. The topological polar surface area (TPSA) is 78.8 Å². The van der Waals surface area contributed by atoms with Gasteiger partial charge in [-0.3, -0.25) is 4.79 Å². The minimum atomic E-state index is -2.65. The van der Waals surface area contributed by atoms with Crippen LogP contribution in [0.3, 0.4) is 0 Å². The van der Waals surface area contributed by atoms with Crippen LogP contribution in [0.15, 0.2) is 30.4 Å². The fourth-order valence-corrected chi connectivity index (χ4v) is 1.96. The number of rotatable bonds is 9. The van der Waals surface area contributed by atoms with Crippen molar-refractivity contribution < 1.29 is 23.9 Å². The Hall–Kier alpha value is -2.01. The molecule has 23 heavy (non-hydrogen) atoms. The van der Waals surface area contributed by atoms with E-state index in [-0.39, 0.29) is 24.0 Å². The normalized spacial score (nSPS) is 14.1. The number of ether oxygens (including phenoxy) is 1. The molecular weight excluding hydrogens is 294 g/mol. The fourth-order valence-electron chi connectivity index (χ4n) is 1.96. The Labute approximate surface area is 142 Å². The summed E-state index contributed by atoms with van der Waals surface area (Å²) in [7, 11) is -2.65. The Kier molecular flexibility index (Phi) is 5.83. The lowest BCUT2D eigenvalue weighted by atomic mass is 10.1. The largest absolute Gasteiger partial charge is 0.504 e. The van der Waals surface area contributed by atoms with Gasteiger partial charge in [0.2, 0.25) is 5.91 Å². The maximum atomic E-state index is 11.8. The van der Waals surface area contributed by atoms with Crippen LogP contribution in [0.2, 0.25) is 0 Å². The molecule has 0 fully saturated rings. The number of carbonyl (C=O) groups excluding carboxylic acids is 1. The lowest BCUT2D eigenvalue weighted by Gasteiger charge is -2.10. The van der Waals surface area contributed by atoms with Gasteiger partial charge in [-0.2, -0.15) is 0 Å². The van der Waals surface area contributed by atoms with E-state index < -0.39 is 12.6 Å². The minimum Gasteiger partial charge on any atom is -0.504 e. The predicted molar refractivity (Wildman–Crippen MR) is 90.4 cm³/mol. The molecule has 0 aliphatic rings. The van der Waals surface area contributed by atoms with E-state index in [4.69, 9.17) is 8.85 Å². The Bertz CT molecular complexity index is 622. The van der Waals surface area contributed by atoms with Crippen molar-refractivity contribution in [3.05, 3.63) is 35.9 Å². The number of methoxy groups -OCH3 is 1. The molecule has 0 heterocycles. The van der Waals surface area contributed by atoms with Crippen molar-refractivity contribution in [3.8, 4) is 11.5 Å². The number of allylic oxidation sites excluding steroid dienone is 1. The van der Waals surface area contributed by atoms with Crippen LogP contribution < -0.4 is 10.1 Å². The zero-order valence-electron chi connectivity index (χ0n) is 16.6. The second-order valence-corrected chi connectivity index (χ2v) is 5.98. The number of aromatic hydroxyl groups is 1. The van der Waals surface area contributed by atoms with Gasteiger partial charge in [0, 0.05) is 13.0 Å². The van der Waals surface area contributed by atoms with Crippen LogP contribution in [0.5, 0.6) is 11.5 Å². The molecule has 5 nitrogen and oxygen atoms in total. The Morgan fingerprint density at radius 1 is 1.43 bits per heavy atom. The van der Waals surface area contributed by atoms with Gasteiger partial charge in [-0.25, -0.2) is 0 Å². The van der Waals surface area contributed by atoms with Gasteiger partial charge in [-0.05, 0) is 50.8 Å². The number of phenols is 1. The number of phenolic OH excluding ortho intramolecular Hbond substituents is 1. The van der Waals surface area contributed by atoms with E-state index in [1.807, 2.05) is 6.08 Å². The first kappa shape index (κ1) is 14.6. The van der Waals surface area contributed by atoms with Gasteiger partial charge in [0.25, 0.3) is 0 Å². The maximum Gasteiger partial charge on any atom is 0.220 e. The Morgan fingerprint density at radius 3 is 2.91 bits per heavy atom. The van der Waals surface area contributed by atoms with Gasteiger partial charge in [0.05, 0.1) is 16.8 Å². The number of benzene rings is 1. The molecule has 128 valence electrons. The van der Waals surface area contributed by atoms with Crippen molar-refractivity contribution in [3.63, 3.8) is 0 Å². The molecule has 0 radical (unpaired) electrons. The van der Waals surface area contributed by atoms with Crippen LogP contribution in [-0.4, -0.2) is 28.8 Å². The smallest absolute Gasteiger partial charge is 0.220 e. The molecule has 0 aliphatic carbocycles. The van der Waals surface area contributed by atoms with Crippen molar-refractivity contribution >= 4 is 5.91 Å². The number of amides is 1. The van der Waals surface area contributed by atoms with E-state index in [9.17, 15) is 15.0 Å². The zero-order chi connectivity index (χ0) is 19.8. The van der Waals surface area contributed by atoms with Gasteiger partial charge < -0.3 is 20.3 Å². The zero-order valence-corrected chi connectivity index (χ0v) is 13.6. The molecule has 0 bridgehead atoms. The van der Waals surface area contributed by atoms with Crippen LogP contribution in [0.4, 0.5) is 0 Å². The molecule has 0 atom stereocenters. The molecule has 5 heteroatoms. The summed E-state index contributed by atoms with van der Waals surface area (Å²) in [5.74, 6) is -0.520. The molecule has 0 saturated carbocycles. The van der Waals surface area contributed by atoms with Gasteiger partial charge in [0.1, 0.15) is 0 Å². The van der Waals surface area contributed by atoms with E-state index in [2.05, 4.69) is 5.32 Å². The number of hydrogen-bond acceptors (Lipinski definition) is 4. The number of carbonyl (C=O) groups is 1. The highest BCUT2D eigenvalue weighted by Gasteiger charge is 2.06. The first-order valence-corrected chi connectivity index (χ1v) is 7.64. The highest BCUT2D eigenvalue weighted by Crippen LogP contribution is 2.26. The molecule has 3 N–H and O–H groups in total. The molecule has 0 spiro atoms. The average Bonchev–Trinajstić information content (AvgIpc) is 2.49. The summed E-state index contributed by atoms with van der Waals surface area (Å²) in [4.78, 5) is 11.8. The third-order valence-corrected chi connectivity index (χ3v) is 3.17. The molecule has 0 saturated heterocycles. The van der Waals surface area contributed by atoms with Crippen molar-refractivity contribution in [2.45, 2.75) is 51.7 Å². The third kappa shape index (κ3) is 8.26. The summed E-state index contributed by atoms with van der Waals surface area (Å²) < 4.78 is 25.9. The van der Waals surface area contributed by atoms with Crippen molar-refractivity contribution in [1.82, 2.24) is 5.32 Å². The maximum absolute atomic E-state index is 11.8. The van der Waals surface area contributed by atoms with E-state index >= 15 is 0 Å². The highest BCUT2D eigenvalue weighted by molar-refractivity contribution is 5.75. The fraction of sp³-hybridized carbons (Fsp3) is 0.500. The Balaban J connectivity index is 2.36. The predicted octanol–water partition coefficient (Wildman–Crippen LogP) is 2.90. The molecule has 0 unspecified atom stereocenters. The van der Waals surface area contributed by atoms with Crippen molar-refractivity contribution in [2.75, 3.05) is 7.04 Å². The van der Waals surface area contributed by atoms with Crippen LogP contribution >= 0.6 is 0 Å². The average molecular weight is 324 g/mol. The molecule has 1 aromatic rings. The minimum absolute atomic E-state index is 0.108. The van der Waals surface area contributed by atoms with E-state index in [0.29, 0.717) is 12.0 Å². The lowest BCUT2D eigenvalue weighted by molar-refractivity contribution is -0.121. The summed E-state index contributed by atoms with van der Waals surface area (Å²) in [6.07, 6.45) is 6.39. The number of unbranched alkanes of at least 4 members (excludes halogenated alkanes) is 2. The third-order valence-electron chi connectivity index (χ3n) is 3.17. The van der Waals surface area contributed by atoms with Crippen LogP contribution in [0.1, 0.15) is 49.2 Å². The molecular formula is C18H27NO4. The molecule has 1 amide bonds. The molecule has 0 aromatic heterocycles. The summed E-state index contributed by atoms with van der Waals surface area (Å²) in [5, 5.41) is 21.9. The quantitative estimate of drug-likeness (QED) is 0.482. The number of hydrogen-bond donors (Lipinski definition) is 3. The van der Waals surface area contributed by atoms with Gasteiger partial charge >= 0.3 is 0 Å². The molecule has 1 aromatic carbocycles.